The molecule has 138 valence electrons. The van der Waals surface area contributed by atoms with E-state index in [4.69, 9.17) is 14.4 Å². The summed E-state index contributed by atoms with van der Waals surface area (Å²) in [7, 11) is -1.46. The molecule has 2 rings (SSSR count). The fraction of sp³-hybridized carbons (Fsp3) is 0.571. The molecule has 6 nitrogen and oxygen atoms in total. The van der Waals surface area contributed by atoms with E-state index in [1.54, 1.807) is 27.7 Å². The van der Waals surface area contributed by atoms with Crippen LogP contribution in [0.5, 0.6) is 0 Å². The third kappa shape index (κ3) is 4.04. The van der Waals surface area contributed by atoms with Gasteiger partial charge in [0.1, 0.15) is 12.3 Å². The molecule has 0 bridgehead atoms. The molecule has 1 aromatic heterocycles. The van der Waals surface area contributed by atoms with E-state index in [0.29, 0.717) is 10.8 Å². The molecule has 0 radical (unpaired) electrons. The van der Waals surface area contributed by atoms with E-state index >= 15 is 0 Å². The molecule has 0 aromatic carbocycles. The predicted octanol–water partition coefficient (Wildman–Crippen LogP) is 2.93. The first-order valence-corrected chi connectivity index (χ1v) is 7.32. The van der Waals surface area contributed by atoms with Crippen molar-refractivity contribution in [2.24, 2.45) is 0 Å². The molecule has 2 heterocycles. The molecule has 25 heavy (non-hydrogen) atoms. The summed E-state index contributed by atoms with van der Waals surface area (Å²) in [5, 5.41) is 11.8. The number of aliphatic carboxylic acids is 1. The zero-order chi connectivity index (χ0) is 19.2. The molecule has 0 aliphatic carbocycles. The highest BCUT2D eigenvalue weighted by molar-refractivity contribution is 6.54. The number of hydrogen-bond acceptors (Lipinski definition) is 4. The Morgan fingerprint density at radius 1 is 1.32 bits per heavy atom. The van der Waals surface area contributed by atoms with E-state index in [9.17, 15) is 22.4 Å². The molecule has 0 saturated carbocycles. The van der Waals surface area contributed by atoms with Gasteiger partial charge >= 0.3 is 19.3 Å². The van der Waals surface area contributed by atoms with Crippen LogP contribution in [-0.2, 0) is 26.8 Å². The number of carbonyl (C=O) groups is 1. The molecule has 1 aromatic rings. The maximum Gasteiger partial charge on any atom is 0.525 e. The minimum absolute atomic E-state index is 0.578. The lowest BCUT2D eigenvalue weighted by Gasteiger charge is -2.32. The zero-order valence-electron chi connectivity index (χ0n) is 14.0. The van der Waals surface area contributed by atoms with Gasteiger partial charge in [-0.05, 0) is 33.8 Å². The van der Waals surface area contributed by atoms with Crippen molar-refractivity contribution in [2.45, 2.75) is 51.6 Å². The predicted molar refractivity (Wildman–Crippen MR) is 80.0 cm³/mol. The molecule has 1 aliphatic rings. The van der Waals surface area contributed by atoms with Crippen molar-refractivity contribution < 1.29 is 36.8 Å². The summed E-state index contributed by atoms with van der Waals surface area (Å²) in [6.07, 6.45) is -3.47. The van der Waals surface area contributed by atoms with Gasteiger partial charge in [0.25, 0.3) is 0 Å². The van der Waals surface area contributed by atoms with E-state index < -0.39 is 54.0 Å². The molecule has 11 heteroatoms. The minimum atomic E-state index is -4.87. The van der Waals surface area contributed by atoms with Crippen LogP contribution in [0.25, 0.3) is 6.08 Å². The largest absolute Gasteiger partial charge is 0.525 e. The maximum atomic E-state index is 14.4. The third-order valence-electron chi connectivity index (χ3n) is 4.13. The average molecular weight is 364 g/mol. The average Bonchev–Trinajstić information content (AvgIpc) is 2.87. The van der Waals surface area contributed by atoms with Crippen molar-refractivity contribution in [1.82, 2.24) is 9.78 Å². The molecule has 1 fully saturated rings. The second-order valence-electron chi connectivity index (χ2n) is 6.64. The maximum absolute atomic E-state index is 14.4. The van der Waals surface area contributed by atoms with E-state index in [0.717, 1.165) is 6.20 Å². The van der Waals surface area contributed by atoms with Crippen LogP contribution >= 0.6 is 0 Å². The number of carboxylic acids is 1. The molecule has 0 spiro atoms. The van der Waals surface area contributed by atoms with Crippen LogP contribution in [0.4, 0.5) is 17.6 Å². The van der Waals surface area contributed by atoms with Crippen molar-refractivity contribution in [3.8, 4) is 0 Å². The lowest BCUT2D eigenvalue weighted by Crippen LogP contribution is -2.41. The fourth-order valence-corrected chi connectivity index (χ4v) is 2.15. The fourth-order valence-electron chi connectivity index (χ4n) is 2.15. The number of carboxylic acid groups (broad SMARTS) is 1. The summed E-state index contributed by atoms with van der Waals surface area (Å²) in [6, 6.07) is 0. The van der Waals surface area contributed by atoms with E-state index in [-0.39, 0.29) is 0 Å². The molecule has 0 amide bonds. The van der Waals surface area contributed by atoms with Crippen LogP contribution in [0, 0.1) is 0 Å². The number of nitrogens with zero attached hydrogens (tertiary/aromatic N) is 2. The second kappa shape index (κ2) is 6.13. The van der Waals surface area contributed by atoms with Crippen LogP contribution in [0.2, 0.25) is 0 Å². The highest BCUT2D eigenvalue weighted by Crippen LogP contribution is 2.39. The van der Waals surface area contributed by atoms with Gasteiger partial charge in [-0.25, -0.2) is 4.39 Å². The summed E-state index contributed by atoms with van der Waals surface area (Å²) >= 11 is 0. The first kappa shape index (κ1) is 19.4. The Morgan fingerprint density at radius 3 is 2.28 bits per heavy atom. The van der Waals surface area contributed by atoms with E-state index in [1.165, 1.54) is 0 Å². The summed E-state index contributed by atoms with van der Waals surface area (Å²) in [5.74, 6) is -1.38. The van der Waals surface area contributed by atoms with Crippen molar-refractivity contribution in [1.29, 1.82) is 0 Å². The highest BCUT2D eigenvalue weighted by Gasteiger charge is 2.53. The quantitative estimate of drug-likeness (QED) is 0.657. The number of halogens is 4. The Kier molecular flexibility index (Phi) is 4.77. The molecule has 0 unspecified atom stereocenters. The van der Waals surface area contributed by atoms with Crippen LogP contribution in [0.15, 0.2) is 11.9 Å². The Hall–Kier alpha value is -1.88. The monoisotopic (exact) mass is 364 g/mol. The van der Waals surface area contributed by atoms with Crippen molar-refractivity contribution in [2.75, 3.05) is 0 Å². The van der Waals surface area contributed by atoms with E-state index in [2.05, 4.69) is 5.10 Å². The first-order valence-electron chi connectivity index (χ1n) is 7.32. The van der Waals surface area contributed by atoms with Crippen LogP contribution in [0.3, 0.4) is 0 Å². The molecular weight excluding hydrogens is 347 g/mol. The third-order valence-corrected chi connectivity index (χ3v) is 4.13. The van der Waals surface area contributed by atoms with Gasteiger partial charge < -0.3 is 14.4 Å². The highest BCUT2D eigenvalue weighted by atomic mass is 19.4. The standard InChI is InChI=1S/C14H17BF4N2O4/c1-12(2)13(3,4)25-15(24-12)9(16)5-8-6-21(7-10(22)23)20-11(8)14(17,18)19/h5-6H,7H2,1-4H3,(H,22,23). The number of hydrogen-bond donors (Lipinski definition) is 1. The molecule has 1 aliphatic heterocycles. The van der Waals surface area contributed by atoms with Crippen LogP contribution < -0.4 is 0 Å². The first-order chi connectivity index (χ1) is 11.2. The van der Waals surface area contributed by atoms with Crippen molar-refractivity contribution >= 4 is 19.2 Å². The molecule has 1 N–H and O–H groups in total. The number of aromatic nitrogens is 2. The summed E-state index contributed by atoms with van der Waals surface area (Å²) in [5.41, 5.74) is -4.78. The Bertz CT molecular complexity index is 696. The Balaban J connectivity index is 2.36. The smallest absolute Gasteiger partial charge is 0.480 e. The minimum Gasteiger partial charge on any atom is -0.480 e. The van der Waals surface area contributed by atoms with Gasteiger partial charge in [0, 0.05) is 11.8 Å². The summed E-state index contributed by atoms with van der Waals surface area (Å²) in [4.78, 5) is 10.6. The SMILES string of the molecule is CC1(C)OB(C(F)=Cc2cn(CC(=O)O)nc2C(F)(F)F)OC1(C)C. The topological polar surface area (TPSA) is 73.6 Å². The van der Waals surface area contributed by atoms with Crippen LogP contribution in [-0.4, -0.2) is 39.2 Å². The number of rotatable bonds is 4. The Morgan fingerprint density at radius 2 is 1.84 bits per heavy atom. The lowest BCUT2D eigenvalue weighted by molar-refractivity contribution is -0.143. The van der Waals surface area contributed by atoms with Gasteiger partial charge in [0.15, 0.2) is 5.69 Å². The summed E-state index contributed by atoms with van der Waals surface area (Å²) < 4.78 is 64.9. The molecular formula is C14H17BF4N2O4. The van der Waals surface area contributed by atoms with Gasteiger partial charge in [0.2, 0.25) is 0 Å². The van der Waals surface area contributed by atoms with Crippen molar-refractivity contribution in [3.05, 3.63) is 23.2 Å². The molecule has 1 saturated heterocycles. The summed E-state index contributed by atoms with van der Waals surface area (Å²) in [6.45, 7) is 5.91. The lowest BCUT2D eigenvalue weighted by atomic mass is 9.87. The van der Waals surface area contributed by atoms with E-state index in [1.807, 2.05) is 0 Å². The van der Waals surface area contributed by atoms with Gasteiger partial charge in [-0.1, -0.05) is 0 Å². The van der Waals surface area contributed by atoms with Crippen molar-refractivity contribution in [3.63, 3.8) is 0 Å². The molecule has 0 atom stereocenters. The van der Waals surface area contributed by atoms with Gasteiger partial charge in [0.05, 0.1) is 11.2 Å². The van der Waals surface area contributed by atoms with Gasteiger partial charge in [-0.15, -0.1) is 0 Å². The van der Waals surface area contributed by atoms with Gasteiger partial charge in [-0.3, -0.25) is 9.48 Å². The Labute approximate surface area is 141 Å². The second-order valence-corrected chi connectivity index (χ2v) is 6.64. The van der Waals surface area contributed by atoms with Gasteiger partial charge in [-0.2, -0.15) is 18.3 Å². The normalized spacial score (nSPS) is 20.2. The zero-order valence-corrected chi connectivity index (χ0v) is 14.0. The number of alkyl halides is 3. The van der Waals surface area contributed by atoms with Crippen LogP contribution in [0.1, 0.15) is 39.0 Å².